The molecular formula is C6H4F10O5S2. The molecule has 0 heterocycles. The van der Waals surface area contributed by atoms with Gasteiger partial charge < -0.3 is 0 Å². The van der Waals surface area contributed by atoms with Crippen molar-refractivity contribution in [2.45, 2.75) is 22.4 Å². The van der Waals surface area contributed by atoms with Gasteiger partial charge in [0.2, 0.25) is 0 Å². The van der Waals surface area contributed by atoms with Crippen molar-refractivity contribution in [3.05, 3.63) is 0 Å². The Hall–Kier alpha value is -0.840. The van der Waals surface area contributed by atoms with Crippen LogP contribution < -0.4 is 0 Å². The highest BCUT2D eigenvalue weighted by atomic mass is 32.3. The van der Waals surface area contributed by atoms with E-state index >= 15 is 0 Å². The predicted octanol–water partition coefficient (Wildman–Crippen LogP) is 2.06. The summed E-state index contributed by atoms with van der Waals surface area (Å²) in [6.07, 6.45) is 0. The van der Waals surface area contributed by atoms with Gasteiger partial charge in [0.1, 0.15) is 0 Å². The summed E-state index contributed by atoms with van der Waals surface area (Å²) in [7, 11) is -15.2. The molecule has 5 nitrogen and oxygen atoms in total. The van der Waals surface area contributed by atoms with Gasteiger partial charge in [-0.25, -0.2) is 8.78 Å². The van der Waals surface area contributed by atoms with Crippen LogP contribution in [0.4, 0.5) is 43.9 Å². The molecule has 17 heteroatoms. The van der Waals surface area contributed by atoms with Crippen LogP contribution in [0.2, 0.25) is 0 Å². The fourth-order valence-corrected chi connectivity index (χ4v) is 3.19. The number of hydrogen-bond donors (Lipinski definition) is 0. The van der Waals surface area contributed by atoms with Gasteiger partial charge >= 0.3 is 42.6 Å². The van der Waals surface area contributed by atoms with Gasteiger partial charge in [-0.2, -0.15) is 52.0 Å². The van der Waals surface area contributed by atoms with E-state index in [0.717, 1.165) is 0 Å². The third kappa shape index (κ3) is 3.49. The van der Waals surface area contributed by atoms with Gasteiger partial charge in [0.25, 0.3) is 0 Å². The third-order valence-corrected chi connectivity index (χ3v) is 5.28. The molecule has 0 aromatic heterocycles. The number of rotatable bonds is 8. The van der Waals surface area contributed by atoms with Crippen molar-refractivity contribution in [3.63, 3.8) is 0 Å². The maximum Gasteiger partial charge on any atom is 0.435 e. The highest BCUT2D eigenvalue weighted by Gasteiger charge is 2.72. The molecule has 0 atom stereocenters. The Balaban J connectivity index is 6.00. The molecule has 0 aromatic carbocycles. The fourth-order valence-electron chi connectivity index (χ4n) is 0.725. The SMILES string of the molecule is O=S(=O)(OS(=O)(=O)C(F)(F)C(F)(F)CF)C(F)(F)C(F)(F)CF. The zero-order valence-corrected chi connectivity index (χ0v) is 11.7. The lowest BCUT2D eigenvalue weighted by Gasteiger charge is -2.26. The summed E-state index contributed by atoms with van der Waals surface area (Å²) >= 11 is 0. The van der Waals surface area contributed by atoms with Crippen LogP contribution in [0.1, 0.15) is 0 Å². The van der Waals surface area contributed by atoms with E-state index in [-0.39, 0.29) is 0 Å². The molecule has 0 unspecified atom stereocenters. The van der Waals surface area contributed by atoms with Crippen LogP contribution in [0.5, 0.6) is 0 Å². The Bertz CT molecular complexity index is 583. The van der Waals surface area contributed by atoms with Gasteiger partial charge in [0.05, 0.1) is 0 Å². The molecule has 0 amide bonds. The zero-order valence-electron chi connectivity index (χ0n) is 10.1. The molecule has 0 saturated carbocycles. The minimum atomic E-state index is -7.59. The van der Waals surface area contributed by atoms with Gasteiger partial charge in [-0.05, 0) is 0 Å². The third-order valence-electron chi connectivity index (χ3n) is 1.99. The van der Waals surface area contributed by atoms with Crippen LogP contribution in [0.25, 0.3) is 0 Å². The quantitative estimate of drug-likeness (QED) is 0.573. The molecule has 0 saturated heterocycles. The summed E-state index contributed by atoms with van der Waals surface area (Å²) in [5, 5.41) is -13.4. The Morgan fingerprint density at radius 3 is 1.00 bits per heavy atom. The van der Waals surface area contributed by atoms with Gasteiger partial charge in [-0.1, -0.05) is 0 Å². The summed E-state index contributed by atoms with van der Waals surface area (Å²) in [6.45, 7) is -6.81. The van der Waals surface area contributed by atoms with Crippen LogP contribution in [0.3, 0.4) is 0 Å². The largest absolute Gasteiger partial charge is 0.435 e. The molecule has 0 aliphatic rings. The monoisotopic (exact) mass is 410 g/mol. The minimum absolute atomic E-state index is 2.08. The van der Waals surface area contributed by atoms with Crippen molar-refractivity contribution in [2.75, 3.05) is 13.3 Å². The molecule has 0 aromatic rings. The topological polar surface area (TPSA) is 77.5 Å². The highest BCUT2D eigenvalue weighted by Crippen LogP contribution is 2.45. The number of hydrogen-bond acceptors (Lipinski definition) is 5. The normalized spacial score (nSPS) is 15.7. The van der Waals surface area contributed by atoms with E-state index in [0.29, 0.717) is 0 Å². The van der Waals surface area contributed by atoms with E-state index in [1.807, 2.05) is 0 Å². The van der Waals surface area contributed by atoms with E-state index in [9.17, 15) is 60.7 Å². The Labute approximate surface area is 121 Å². The maximum absolute atomic E-state index is 12.8. The molecular weight excluding hydrogens is 406 g/mol. The predicted molar refractivity (Wildman–Crippen MR) is 50.7 cm³/mol. The molecule has 0 spiro atoms. The van der Waals surface area contributed by atoms with Crippen molar-refractivity contribution >= 4 is 20.2 Å². The minimum Gasteiger partial charge on any atom is -0.244 e. The van der Waals surface area contributed by atoms with Crippen LogP contribution in [-0.4, -0.2) is 52.5 Å². The number of halogens is 10. The smallest absolute Gasteiger partial charge is 0.244 e. The van der Waals surface area contributed by atoms with E-state index in [1.165, 1.54) is 0 Å². The van der Waals surface area contributed by atoms with E-state index in [4.69, 9.17) is 0 Å². The van der Waals surface area contributed by atoms with Gasteiger partial charge in [0.15, 0.2) is 13.3 Å². The molecule has 0 aliphatic carbocycles. The lowest BCUT2D eigenvalue weighted by molar-refractivity contribution is -0.172. The van der Waals surface area contributed by atoms with Crippen LogP contribution in [0, 0.1) is 0 Å². The molecule has 0 rings (SSSR count). The molecule has 0 aliphatic heterocycles. The molecule has 23 heavy (non-hydrogen) atoms. The van der Waals surface area contributed by atoms with Crippen molar-refractivity contribution in [1.29, 1.82) is 0 Å². The fraction of sp³-hybridized carbons (Fsp3) is 1.00. The Morgan fingerprint density at radius 1 is 0.609 bits per heavy atom. The van der Waals surface area contributed by atoms with E-state index in [2.05, 4.69) is 3.63 Å². The van der Waals surface area contributed by atoms with E-state index < -0.39 is 55.9 Å². The zero-order chi connectivity index (χ0) is 19.1. The molecule has 140 valence electrons. The second-order valence-corrected chi connectivity index (χ2v) is 7.07. The number of alkyl halides is 10. The summed E-state index contributed by atoms with van der Waals surface area (Å²) in [4.78, 5) is 0. The Morgan fingerprint density at radius 2 is 0.826 bits per heavy atom. The molecule has 0 bridgehead atoms. The van der Waals surface area contributed by atoms with Gasteiger partial charge in [0, 0.05) is 0 Å². The standard InChI is InChI=1S/C6H4F10O5S2/c7-1-3(9,10)5(13,14)22(17,18)21-23(19,20)6(15,16)4(11,12)2-8/h1-2H2. The summed E-state index contributed by atoms with van der Waals surface area (Å²) in [5.74, 6) is -12.3. The van der Waals surface area contributed by atoms with Gasteiger partial charge in [-0.3, -0.25) is 0 Å². The molecule has 0 N–H and O–H groups in total. The van der Waals surface area contributed by atoms with Crippen LogP contribution in [0.15, 0.2) is 0 Å². The first-order valence-corrected chi connectivity index (χ1v) is 7.48. The van der Waals surface area contributed by atoms with Crippen molar-refractivity contribution in [3.8, 4) is 0 Å². The summed E-state index contributed by atoms with van der Waals surface area (Å²) in [5.41, 5.74) is 0. The maximum atomic E-state index is 12.8. The molecule has 0 radical (unpaired) electrons. The first-order valence-electron chi connectivity index (χ1n) is 4.66. The first kappa shape index (κ1) is 22.2. The Kier molecular flexibility index (Phi) is 5.69. The van der Waals surface area contributed by atoms with Crippen molar-refractivity contribution in [1.82, 2.24) is 0 Å². The van der Waals surface area contributed by atoms with E-state index in [1.54, 1.807) is 0 Å². The van der Waals surface area contributed by atoms with Crippen LogP contribution >= 0.6 is 0 Å². The highest BCUT2D eigenvalue weighted by molar-refractivity contribution is 8.00. The summed E-state index contributed by atoms with van der Waals surface area (Å²) < 4.78 is 169. The second kappa shape index (κ2) is 5.91. The van der Waals surface area contributed by atoms with Crippen molar-refractivity contribution in [2.24, 2.45) is 0 Å². The van der Waals surface area contributed by atoms with Gasteiger partial charge in [-0.15, -0.1) is 3.63 Å². The second-order valence-electron chi connectivity index (χ2n) is 3.69. The first-order chi connectivity index (χ1) is 9.83. The van der Waals surface area contributed by atoms with Crippen molar-refractivity contribution < 1.29 is 64.4 Å². The lowest BCUT2D eigenvalue weighted by atomic mass is 10.4. The lowest BCUT2D eigenvalue weighted by Crippen LogP contribution is -2.53. The average molecular weight is 410 g/mol. The van der Waals surface area contributed by atoms with Crippen LogP contribution in [-0.2, 0) is 23.9 Å². The molecule has 0 fully saturated rings. The average Bonchev–Trinajstić information content (AvgIpc) is 2.36. The summed E-state index contributed by atoms with van der Waals surface area (Å²) in [6, 6.07) is 0.